The summed E-state index contributed by atoms with van der Waals surface area (Å²) in [7, 11) is 0. The van der Waals surface area contributed by atoms with E-state index in [1.54, 1.807) is 0 Å². The Bertz CT molecular complexity index is 698. The van der Waals surface area contributed by atoms with E-state index in [1.807, 2.05) is 0 Å². The molecule has 0 saturated carbocycles. The Morgan fingerprint density at radius 1 is 0.750 bits per heavy atom. The summed E-state index contributed by atoms with van der Waals surface area (Å²) in [6.07, 6.45) is 0. The number of rotatable bonds is 4. The van der Waals surface area contributed by atoms with E-state index in [4.69, 9.17) is 0 Å². The van der Waals surface area contributed by atoms with Crippen molar-refractivity contribution in [3.63, 3.8) is 0 Å². The number of hydrogen-bond donors (Lipinski definition) is 1. The zero-order valence-corrected chi connectivity index (χ0v) is 11.8. The molecule has 100 valence electrons. The molecule has 1 nitrogen and oxygen atoms in total. The zero-order valence-electron chi connectivity index (χ0n) is 11.8. The van der Waals surface area contributed by atoms with Crippen molar-refractivity contribution in [1.82, 2.24) is 5.32 Å². The predicted molar refractivity (Wildman–Crippen MR) is 86.8 cm³/mol. The lowest BCUT2D eigenvalue weighted by Crippen LogP contribution is -2.11. The van der Waals surface area contributed by atoms with Crippen molar-refractivity contribution in [2.75, 3.05) is 6.54 Å². The molecule has 3 aromatic rings. The normalized spacial score (nSPS) is 10.8. The van der Waals surface area contributed by atoms with Gasteiger partial charge in [0.05, 0.1) is 0 Å². The number of hydrogen-bond acceptors (Lipinski definition) is 1. The molecule has 0 aliphatic rings. The average molecular weight is 261 g/mol. The molecule has 0 saturated heterocycles. The standard InChI is InChI=1S/C19H19N/c1-2-20-14-15-7-9-17(10-8-15)19-12-11-16-5-3-4-6-18(16)13-19/h3-13,20H,2,14H2,1H3. The third kappa shape index (κ3) is 2.73. The van der Waals surface area contributed by atoms with Gasteiger partial charge in [-0.15, -0.1) is 0 Å². The molecule has 0 fully saturated rings. The molecule has 20 heavy (non-hydrogen) atoms. The van der Waals surface area contributed by atoms with Crippen molar-refractivity contribution in [2.45, 2.75) is 13.5 Å². The molecular formula is C19H19N. The van der Waals surface area contributed by atoms with E-state index < -0.39 is 0 Å². The smallest absolute Gasteiger partial charge is 0.0205 e. The summed E-state index contributed by atoms with van der Waals surface area (Å²) in [6.45, 7) is 4.07. The van der Waals surface area contributed by atoms with Gasteiger partial charge in [-0.05, 0) is 40.1 Å². The summed E-state index contributed by atoms with van der Waals surface area (Å²) in [5, 5.41) is 5.93. The van der Waals surface area contributed by atoms with Crippen molar-refractivity contribution in [3.8, 4) is 11.1 Å². The maximum Gasteiger partial charge on any atom is 0.0205 e. The summed E-state index contributed by atoms with van der Waals surface area (Å²) >= 11 is 0. The molecular weight excluding hydrogens is 242 g/mol. The molecule has 1 heteroatoms. The highest BCUT2D eigenvalue weighted by atomic mass is 14.8. The van der Waals surface area contributed by atoms with E-state index >= 15 is 0 Å². The van der Waals surface area contributed by atoms with E-state index in [-0.39, 0.29) is 0 Å². The van der Waals surface area contributed by atoms with Crippen LogP contribution in [0.3, 0.4) is 0 Å². The quantitative estimate of drug-likeness (QED) is 0.722. The number of benzene rings is 3. The van der Waals surface area contributed by atoms with Gasteiger partial charge in [0.1, 0.15) is 0 Å². The van der Waals surface area contributed by atoms with Crippen molar-refractivity contribution in [2.24, 2.45) is 0 Å². The zero-order chi connectivity index (χ0) is 13.8. The third-order valence-electron chi connectivity index (χ3n) is 3.62. The second-order valence-electron chi connectivity index (χ2n) is 5.04. The van der Waals surface area contributed by atoms with Crippen LogP contribution in [-0.4, -0.2) is 6.54 Å². The molecule has 0 amide bonds. The van der Waals surface area contributed by atoms with Crippen LogP contribution >= 0.6 is 0 Å². The monoisotopic (exact) mass is 261 g/mol. The fourth-order valence-electron chi connectivity index (χ4n) is 2.45. The van der Waals surface area contributed by atoms with Gasteiger partial charge in [-0.25, -0.2) is 0 Å². The third-order valence-corrected chi connectivity index (χ3v) is 3.62. The lowest BCUT2D eigenvalue weighted by molar-refractivity contribution is 0.727. The Labute approximate surface area is 120 Å². The molecule has 1 N–H and O–H groups in total. The fourth-order valence-corrected chi connectivity index (χ4v) is 2.45. The van der Waals surface area contributed by atoms with Crippen LogP contribution in [0.2, 0.25) is 0 Å². The first-order valence-electron chi connectivity index (χ1n) is 7.15. The SMILES string of the molecule is CCNCc1ccc(-c2ccc3ccccc3c2)cc1. The molecule has 3 rings (SSSR count). The van der Waals surface area contributed by atoms with Gasteiger partial charge >= 0.3 is 0 Å². The van der Waals surface area contributed by atoms with Gasteiger partial charge in [-0.2, -0.15) is 0 Å². The Balaban J connectivity index is 1.90. The summed E-state index contributed by atoms with van der Waals surface area (Å²) < 4.78 is 0. The van der Waals surface area contributed by atoms with E-state index in [9.17, 15) is 0 Å². The van der Waals surface area contributed by atoms with E-state index in [0.29, 0.717) is 0 Å². The van der Waals surface area contributed by atoms with Crippen LogP contribution in [0.5, 0.6) is 0 Å². The number of nitrogens with one attached hydrogen (secondary N) is 1. The highest BCUT2D eigenvalue weighted by Crippen LogP contribution is 2.24. The lowest BCUT2D eigenvalue weighted by Gasteiger charge is -2.06. The minimum Gasteiger partial charge on any atom is -0.313 e. The summed E-state index contributed by atoms with van der Waals surface area (Å²) in [5.74, 6) is 0. The van der Waals surface area contributed by atoms with Crippen LogP contribution in [0.1, 0.15) is 12.5 Å². The molecule has 3 aromatic carbocycles. The lowest BCUT2D eigenvalue weighted by atomic mass is 10.0. The first kappa shape index (κ1) is 12.9. The Morgan fingerprint density at radius 2 is 1.45 bits per heavy atom. The first-order chi connectivity index (χ1) is 9.86. The van der Waals surface area contributed by atoms with Gasteiger partial charge in [-0.1, -0.05) is 67.6 Å². The fraction of sp³-hybridized carbons (Fsp3) is 0.158. The second-order valence-corrected chi connectivity index (χ2v) is 5.04. The highest BCUT2D eigenvalue weighted by molar-refractivity contribution is 5.87. The molecule has 0 spiro atoms. The van der Waals surface area contributed by atoms with E-state index in [0.717, 1.165) is 13.1 Å². The van der Waals surface area contributed by atoms with E-state index in [1.165, 1.54) is 27.5 Å². The molecule has 0 bridgehead atoms. The molecule has 0 aromatic heterocycles. The van der Waals surface area contributed by atoms with Crippen LogP contribution in [0.15, 0.2) is 66.7 Å². The second kappa shape index (κ2) is 5.89. The predicted octanol–water partition coefficient (Wildman–Crippen LogP) is 4.62. The van der Waals surface area contributed by atoms with Gasteiger partial charge in [0.2, 0.25) is 0 Å². The minimum absolute atomic E-state index is 0.939. The van der Waals surface area contributed by atoms with Gasteiger partial charge in [0.15, 0.2) is 0 Å². The van der Waals surface area contributed by atoms with Crippen LogP contribution in [0.4, 0.5) is 0 Å². The van der Waals surface area contributed by atoms with Crippen LogP contribution in [0.25, 0.3) is 21.9 Å². The maximum absolute atomic E-state index is 3.35. The Hall–Kier alpha value is -2.12. The van der Waals surface area contributed by atoms with Crippen LogP contribution < -0.4 is 5.32 Å². The molecule has 0 atom stereocenters. The van der Waals surface area contributed by atoms with Crippen molar-refractivity contribution in [3.05, 3.63) is 72.3 Å². The average Bonchev–Trinajstić information content (AvgIpc) is 2.53. The van der Waals surface area contributed by atoms with Gasteiger partial charge < -0.3 is 5.32 Å². The van der Waals surface area contributed by atoms with Gasteiger partial charge in [-0.3, -0.25) is 0 Å². The minimum atomic E-state index is 0.939. The maximum atomic E-state index is 3.35. The topological polar surface area (TPSA) is 12.0 Å². The van der Waals surface area contributed by atoms with Crippen molar-refractivity contribution >= 4 is 10.8 Å². The first-order valence-corrected chi connectivity index (χ1v) is 7.15. The molecule has 0 heterocycles. The molecule has 0 radical (unpaired) electrons. The van der Waals surface area contributed by atoms with Gasteiger partial charge in [0.25, 0.3) is 0 Å². The highest BCUT2D eigenvalue weighted by Gasteiger charge is 2.00. The van der Waals surface area contributed by atoms with Crippen molar-refractivity contribution < 1.29 is 0 Å². The summed E-state index contributed by atoms with van der Waals surface area (Å²) in [5.41, 5.74) is 3.88. The van der Waals surface area contributed by atoms with E-state index in [2.05, 4.69) is 79.0 Å². The molecule has 0 unspecified atom stereocenters. The molecule has 0 aliphatic carbocycles. The largest absolute Gasteiger partial charge is 0.313 e. The molecule has 0 aliphatic heterocycles. The van der Waals surface area contributed by atoms with Crippen LogP contribution in [0, 0.1) is 0 Å². The Kier molecular flexibility index (Phi) is 3.80. The summed E-state index contributed by atoms with van der Waals surface area (Å²) in [4.78, 5) is 0. The number of fused-ring (bicyclic) bond motifs is 1. The Morgan fingerprint density at radius 3 is 2.20 bits per heavy atom. The summed E-state index contributed by atoms with van der Waals surface area (Å²) in [6, 6.07) is 23.9. The van der Waals surface area contributed by atoms with Crippen molar-refractivity contribution in [1.29, 1.82) is 0 Å². The van der Waals surface area contributed by atoms with Gasteiger partial charge in [0, 0.05) is 6.54 Å². The van der Waals surface area contributed by atoms with Crippen LogP contribution in [-0.2, 0) is 6.54 Å².